The number of aliphatic carboxylic acids is 1. The minimum atomic E-state index is -4.65. The van der Waals surface area contributed by atoms with Crippen molar-refractivity contribution in [1.82, 2.24) is 0 Å². The smallest absolute Gasteiger partial charge is 0.416 e. The molecule has 3 aromatic carbocycles. The molecule has 0 bridgehead atoms. The lowest BCUT2D eigenvalue weighted by molar-refractivity contribution is -0.138. The highest BCUT2D eigenvalue weighted by Crippen LogP contribution is 2.41. The Bertz CT molecular complexity index is 1340. The molecule has 1 aliphatic heterocycles. The first-order chi connectivity index (χ1) is 17.0. The molecule has 0 spiro atoms. The Morgan fingerprint density at radius 1 is 1.08 bits per heavy atom. The number of sulfonamides is 1. The van der Waals surface area contributed by atoms with E-state index >= 15 is 0 Å². The van der Waals surface area contributed by atoms with Gasteiger partial charge in [0.05, 0.1) is 29.8 Å². The van der Waals surface area contributed by atoms with Gasteiger partial charge in [-0.3, -0.25) is 9.10 Å². The molecule has 3 aromatic rings. The molecule has 11 heteroatoms. The zero-order valence-electron chi connectivity index (χ0n) is 19.4. The summed E-state index contributed by atoms with van der Waals surface area (Å²) in [5, 5.41) is 7.72. The van der Waals surface area contributed by atoms with E-state index in [-0.39, 0.29) is 25.3 Å². The van der Waals surface area contributed by atoms with E-state index < -0.39 is 32.6 Å². The van der Waals surface area contributed by atoms with Crippen LogP contribution in [-0.2, 0) is 21.0 Å². The van der Waals surface area contributed by atoms with Gasteiger partial charge < -0.3 is 14.6 Å². The van der Waals surface area contributed by atoms with Crippen molar-refractivity contribution in [2.24, 2.45) is 0 Å². The number of ether oxygens (including phenoxy) is 2. The van der Waals surface area contributed by atoms with E-state index in [1.54, 1.807) is 31.2 Å². The van der Waals surface area contributed by atoms with Crippen LogP contribution in [0.2, 0.25) is 0 Å². The van der Waals surface area contributed by atoms with Gasteiger partial charge in [0.25, 0.3) is 10.0 Å². The van der Waals surface area contributed by atoms with Gasteiger partial charge in [-0.05, 0) is 42.0 Å². The molecule has 0 aromatic heterocycles. The van der Waals surface area contributed by atoms with Crippen molar-refractivity contribution in [3.8, 4) is 22.6 Å². The van der Waals surface area contributed by atoms with E-state index in [0.29, 0.717) is 23.1 Å². The summed E-state index contributed by atoms with van der Waals surface area (Å²) in [5.74, 6) is 0.192. The van der Waals surface area contributed by atoms with Crippen molar-refractivity contribution in [1.29, 1.82) is 0 Å². The summed E-state index contributed by atoms with van der Waals surface area (Å²) in [6.45, 7) is 1.66. The highest BCUT2D eigenvalue weighted by molar-refractivity contribution is 7.92. The average Bonchev–Trinajstić information content (AvgIpc) is 2.87. The lowest BCUT2D eigenvalue weighted by Crippen LogP contribution is -2.38. The molecule has 0 unspecified atom stereocenters. The Hall–Kier alpha value is -3.73. The fourth-order valence-electron chi connectivity index (χ4n) is 3.45. The van der Waals surface area contributed by atoms with Crippen molar-refractivity contribution in [3.63, 3.8) is 0 Å². The first-order valence-electron chi connectivity index (χ1n) is 10.8. The normalized spacial score (nSPS) is 13.1. The predicted octanol–water partition coefficient (Wildman–Crippen LogP) is 5.45. The minimum absolute atomic E-state index is 0.0268. The van der Waals surface area contributed by atoms with E-state index in [0.717, 1.165) is 28.1 Å². The Labute approximate surface area is 206 Å². The van der Waals surface area contributed by atoms with Gasteiger partial charge in [-0.25, -0.2) is 8.42 Å². The minimum Gasteiger partial charge on any atom is -0.496 e. The highest BCUT2D eigenvalue weighted by atomic mass is 32.2. The molecule has 0 radical (unpaired) electrons. The van der Waals surface area contributed by atoms with Crippen LogP contribution in [0, 0.1) is 0 Å². The number of nitrogens with zero attached hydrogens (tertiary/aromatic N) is 1. The zero-order chi connectivity index (χ0) is 26.5. The molecule has 192 valence electrons. The Balaban J connectivity index is 0.000000658. The number of carboxylic acid groups (broad SMARTS) is 1. The second kappa shape index (κ2) is 10.9. The standard InChI is InChI=1S/C22H18F3NO4S.C3H6O2/c1-29-20-8-3-2-7-18(20)15-9-10-21-19(13-15)26(11-12-30-21)31(27,28)17-6-4-5-16(14-17)22(23,24)25;1-2-3(4)5/h2-10,13-14H,11-12H2,1H3;2H2,1H3,(H,4,5). The molecule has 0 saturated carbocycles. The summed E-state index contributed by atoms with van der Waals surface area (Å²) in [6.07, 6.45) is -4.43. The molecule has 1 heterocycles. The van der Waals surface area contributed by atoms with Crippen LogP contribution in [0.15, 0.2) is 71.6 Å². The van der Waals surface area contributed by atoms with Crippen LogP contribution in [0.3, 0.4) is 0 Å². The highest BCUT2D eigenvalue weighted by Gasteiger charge is 2.35. The molecule has 1 aliphatic rings. The number of carbonyl (C=O) groups is 1. The third-order valence-corrected chi connectivity index (χ3v) is 7.06. The number of halogens is 3. The van der Waals surface area contributed by atoms with Gasteiger partial charge in [0.1, 0.15) is 18.1 Å². The molecule has 0 fully saturated rings. The largest absolute Gasteiger partial charge is 0.496 e. The molecule has 0 aliphatic carbocycles. The summed E-state index contributed by atoms with van der Waals surface area (Å²) in [7, 11) is -2.72. The second-order valence-corrected chi connectivity index (χ2v) is 9.44. The molecule has 7 nitrogen and oxygen atoms in total. The average molecular weight is 524 g/mol. The van der Waals surface area contributed by atoms with E-state index in [2.05, 4.69) is 0 Å². The van der Waals surface area contributed by atoms with Crippen LogP contribution in [0.1, 0.15) is 18.9 Å². The SMILES string of the molecule is CCC(=O)O.COc1ccccc1-c1ccc2c(c1)N(S(=O)(=O)c1cccc(C(F)(F)F)c1)CCO2. The molecule has 0 amide bonds. The number of hydrogen-bond acceptors (Lipinski definition) is 5. The van der Waals surface area contributed by atoms with Crippen molar-refractivity contribution in [2.45, 2.75) is 24.4 Å². The van der Waals surface area contributed by atoms with Crippen molar-refractivity contribution in [2.75, 3.05) is 24.6 Å². The molecule has 1 N–H and O–H groups in total. The van der Waals surface area contributed by atoms with Crippen LogP contribution in [0.4, 0.5) is 18.9 Å². The number of carboxylic acids is 1. The predicted molar refractivity (Wildman–Crippen MR) is 128 cm³/mol. The topological polar surface area (TPSA) is 93.1 Å². The summed E-state index contributed by atoms with van der Waals surface area (Å²) in [4.78, 5) is 8.94. The maximum Gasteiger partial charge on any atom is 0.416 e. The van der Waals surface area contributed by atoms with Crippen molar-refractivity contribution >= 4 is 21.7 Å². The van der Waals surface area contributed by atoms with E-state index in [1.807, 2.05) is 18.2 Å². The van der Waals surface area contributed by atoms with Gasteiger partial charge >= 0.3 is 12.1 Å². The number of rotatable bonds is 5. The Morgan fingerprint density at radius 2 is 1.78 bits per heavy atom. The lowest BCUT2D eigenvalue weighted by Gasteiger charge is -2.31. The van der Waals surface area contributed by atoms with Gasteiger partial charge in [0, 0.05) is 12.0 Å². The molecule has 4 rings (SSSR count). The molecular formula is C25H24F3NO6S. The van der Waals surface area contributed by atoms with Crippen LogP contribution in [0.25, 0.3) is 11.1 Å². The second-order valence-electron chi connectivity index (χ2n) is 7.58. The Morgan fingerprint density at radius 3 is 2.42 bits per heavy atom. The third kappa shape index (κ3) is 5.91. The van der Waals surface area contributed by atoms with Crippen LogP contribution in [-0.4, -0.2) is 39.8 Å². The molecule has 36 heavy (non-hydrogen) atoms. The van der Waals surface area contributed by atoms with Crippen LogP contribution >= 0.6 is 0 Å². The molecule has 0 saturated heterocycles. The van der Waals surface area contributed by atoms with Gasteiger partial charge in [-0.15, -0.1) is 0 Å². The number of para-hydroxylation sites is 1. The lowest BCUT2D eigenvalue weighted by atomic mass is 10.0. The van der Waals surface area contributed by atoms with E-state index in [4.69, 9.17) is 14.6 Å². The maximum absolute atomic E-state index is 13.3. The monoisotopic (exact) mass is 523 g/mol. The number of anilines is 1. The number of hydrogen-bond donors (Lipinski definition) is 1. The quantitative estimate of drug-likeness (QED) is 0.478. The number of alkyl halides is 3. The molecule has 0 atom stereocenters. The maximum atomic E-state index is 13.3. The third-order valence-electron chi connectivity index (χ3n) is 5.25. The fraction of sp³-hybridized carbons (Fsp3) is 0.240. The van der Waals surface area contributed by atoms with Crippen LogP contribution < -0.4 is 13.8 Å². The Kier molecular flexibility index (Phi) is 8.13. The summed E-state index contributed by atoms with van der Waals surface area (Å²) in [6, 6.07) is 16.0. The fourth-order valence-corrected chi connectivity index (χ4v) is 4.95. The van der Waals surface area contributed by atoms with Crippen LogP contribution in [0.5, 0.6) is 11.5 Å². The van der Waals surface area contributed by atoms with Gasteiger partial charge in [0.2, 0.25) is 0 Å². The van der Waals surface area contributed by atoms with Gasteiger partial charge in [-0.1, -0.05) is 37.3 Å². The number of benzene rings is 3. The van der Waals surface area contributed by atoms with Gasteiger partial charge in [-0.2, -0.15) is 13.2 Å². The van der Waals surface area contributed by atoms with Gasteiger partial charge in [0.15, 0.2) is 0 Å². The summed E-state index contributed by atoms with van der Waals surface area (Å²) >= 11 is 0. The summed E-state index contributed by atoms with van der Waals surface area (Å²) in [5.41, 5.74) is 0.664. The molecular weight excluding hydrogens is 499 g/mol. The van der Waals surface area contributed by atoms with Crippen molar-refractivity contribution < 1.29 is 41.0 Å². The van der Waals surface area contributed by atoms with Crippen molar-refractivity contribution in [3.05, 3.63) is 72.3 Å². The number of fused-ring (bicyclic) bond motifs is 1. The van der Waals surface area contributed by atoms with E-state index in [9.17, 15) is 26.4 Å². The van der Waals surface area contributed by atoms with E-state index in [1.165, 1.54) is 7.11 Å². The first kappa shape index (κ1) is 26.9. The first-order valence-corrected chi connectivity index (χ1v) is 12.2. The number of methoxy groups -OCH3 is 1. The zero-order valence-corrected chi connectivity index (χ0v) is 20.3. The summed E-state index contributed by atoms with van der Waals surface area (Å²) < 4.78 is 77.9.